The fourth-order valence-electron chi connectivity index (χ4n) is 2.25. The predicted octanol–water partition coefficient (Wildman–Crippen LogP) is 1.93. The summed E-state index contributed by atoms with van der Waals surface area (Å²) in [5.74, 6) is 2.14. The average molecular weight is 253 g/mol. The molecule has 0 aromatic carbocycles. The maximum Gasteiger partial charge on any atom is 0.252 e. The number of piperidine rings is 1. The number of hydrogen-bond acceptors (Lipinski definition) is 5. The van der Waals surface area contributed by atoms with E-state index in [1.807, 2.05) is 0 Å². The Morgan fingerprint density at radius 3 is 3.22 bits per heavy atom. The summed E-state index contributed by atoms with van der Waals surface area (Å²) >= 11 is 0. The van der Waals surface area contributed by atoms with Gasteiger partial charge < -0.3 is 14.6 Å². The molecule has 2 rings (SSSR count). The second-order valence-corrected chi connectivity index (χ2v) is 4.91. The van der Waals surface area contributed by atoms with Crippen LogP contribution in [0.15, 0.2) is 4.52 Å². The summed E-state index contributed by atoms with van der Waals surface area (Å²) in [6.45, 7) is 5.61. The van der Waals surface area contributed by atoms with Gasteiger partial charge >= 0.3 is 0 Å². The van der Waals surface area contributed by atoms with E-state index in [9.17, 15) is 0 Å². The van der Waals surface area contributed by atoms with Crippen molar-refractivity contribution in [3.05, 3.63) is 11.7 Å². The Morgan fingerprint density at radius 2 is 2.44 bits per heavy atom. The molecule has 5 heteroatoms. The maximum atomic E-state index is 5.59. The molecule has 5 nitrogen and oxygen atoms in total. The van der Waals surface area contributed by atoms with Gasteiger partial charge in [-0.15, -0.1) is 0 Å². The largest absolute Gasteiger partial charge is 0.372 e. The number of ether oxygens (including phenoxy) is 1. The van der Waals surface area contributed by atoms with Crippen molar-refractivity contribution in [2.45, 2.75) is 45.6 Å². The van der Waals surface area contributed by atoms with E-state index in [1.54, 1.807) is 0 Å². The number of aromatic nitrogens is 2. The van der Waals surface area contributed by atoms with Crippen LogP contribution in [0.1, 0.15) is 44.3 Å². The van der Waals surface area contributed by atoms with Crippen molar-refractivity contribution in [3.8, 4) is 0 Å². The summed E-state index contributed by atoms with van der Waals surface area (Å²) < 4.78 is 10.7. The number of aryl methyl sites for hydroxylation is 1. The SMILES string of the molecule is CCCc1noc(COCCC2CCCNC2)n1. The molecule has 0 aliphatic carbocycles. The Kier molecular flexibility index (Phi) is 5.61. The van der Waals surface area contributed by atoms with Crippen molar-refractivity contribution >= 4 is 0 Å². The molecule has 1 aromatic rings. The van der Waals surface area contributed by atoms with Crippen LogP contribution in [-0.2, 0) is 17.8 Å². The fraction of sp³-hybridized carbons (Fsp3) is 0.846. The third kappa shape index (κ3) is 4.38. The predicted molar refractivity (Wildman–Crippen MR) is 68.2 cm³/mol. The Labute approximate surface area is 108 Å². The third-order valence-corrected chi connectivity index (χ3v) is 3.28. The molecule has 0 saturated carbocycles. The van der Waals surface area contributed by atoms with Crippen molar-refractivity contribution in [1.29, 1.82) is 0 Å². The average Bonchev–Trinajstić information content (AvgIpc) is 2.84. The second-order valence-electron chi connectivity index (χ2n) is 4.91. The molecule has 1 fully saturated rings. The topological polar surface area (TPSA) is 60.2 Å². The molecule has 0 amide bonds. The van der Waals surface area contributed by atoms with E-state index in [1.165, 1.54) is 19.4 Å². The Balaban J connectivity index is 1.59. The lowest BCUT2D eigenvalue weighted by Crippen LogP contribution is -2.30. The summed E-state index contributed by atoms with van der Waals surface area (Å²) in [4.78, 5) is 4.27. The number of rotatable bonds is 7. The number of nitrogens with zero attached hydrogens (tertiary/aromatic N) is 2. The van der Waals surface area contributed by atoms with Crippen LogP contribution in [0.2, 0.25) is 0 Å². The lowest BCUT2D eigenvalue weighted by Gasteiger charge is -2.22. The first kappa shape index (κ1) is 13.5. The van der Waals surface area contributed by atoms with Crippen molar-refractivity contribution in [1.82, 2.24) is 15.5 Å². The van der Waals surface area contributed by atoms with E-state index < -0.39 is 0 Å². The van der Waals surface area contributed by atoms with E-state index in [0.29, 0.717) is 12.5 Å². The van der Waals surface area contributed by atoms with Gasteiger partial charge in [-0.25, -0.2) is 0 Å². The van der Waals surface area contributed by atoms with Gasteiger partial charge in [0.05, 0.1) is 0 Å². The van der Waals surface area contributed by atoms with Crippen LogP contribution < -0.4 is 5.32 Å². The molecule has 0 spiro atoms. The minimum atomic E-state index is 0.441. The van der Waals surface area contributed by atoms with E-state index in [0.717, 1.165) is 44.2 Å². The van der Waals surface area contributed by atoms with Crippen LogP contribution in [0.25, 0.3) is 0 Å². The molecular formula is C13H23N3O2. The molecule has 1 aliphatic heterocycles. The van der Waals surface area contributed by atoms with Crippen LogP contribution in [0, 0.1) is 5.92 Å². The first-order valence-corrected chi connectivity index (χ1v) is 6.98. The monoisotopic (exact) mass is 253 g/mol. The summed E-state index contributed by atoms with van der Waals surface area (Å²) in [5, 5.41) is 7.31. The van der Waals surface area contributed by atoms with Gasteiger partial charge in [0.2, 0.25) is 0 Å². The highest BCUT2D eigenvalue weighted by molar-refractivity contribution is 4.84. The van der Waals surface area contributed by atoms with E-state index >= 15 is 0 Å². The lowest BCUT2D eigenvalue weighted by atomic mass is 9.97. The first-order chi connectivity index (χ1) is 8.88. The highest BCUT2D eigenvalue weighted by atomic mass is 16.5. The van der Waals surface area contributed by atoms with Gasteiger partial charge in [-0.05, 0) is 44.7 Å². The minimum absolute atomic E-state index is 0.441. The summed E-state index contributed by atoms with van der Waals surface area (Å²) in [7, 11) is 0. The second kappa shape index (κ2) is 7.48. The molecule has 1 N–H and O–H groups in total. The van der Waals surface area contributed by atoms with Gasteiger partial charge in [0.1, 0.15) is 6.61 Å². The quantitative estimate of drug-likeness (QED) is 0.752. The smallest absolute Gasteiger partial charge is 0.252 e. The number of nitrogens with one attached hydrogen (secondary N) is 1. The molecule has 1 unspecified atom stereocenters. The highest BCUT2D eigenvalue weighted by Gasteiger charge is 2.12. The first-order valence-electron chi connectivity index (χ1n) is 6.98. The van der Waals surface area contributed by atoms with E-state index in [-0.39, 0.29) is 0 Å². The van der Waals surface area contributed by atoms with Crippen molar-refractivity contribution in [2.75, 3.05) is 19.7 Å². The summed E-state index contributed by atoms with van der Waals surface area (Å²) in [6, 6.07) is 0. The van der Waals surface area contributed by atoms with Gasteiger partial charge in [-0.1, -0.05) is 12.1 Å². The molecule has 1 aliphatic rings. The van der Waals surface area contributed by atoms with Gasteiger partial charge in [0.25, 0.3) is 5.89 Å². The Bertz CT molecular complexity index is 335. The van der Waals surface area contributed by atoms with E-state index in [2.05, 4.69) is 22.4 Å². The third-order valence-electron chi connectivity index (χ3n) is 3.28. The molecule has 1 atom stereocenters. The Morgan fingerprint density at radius 1 is 1.50 bits per heavy atom. The van der Waals surface area contributed by atoms with Gasteiger partial charge in [-0.2, -0.15) is 4.98 Å². The van der Waals surface area contributed by atoms with Gasteiger partial charge in [0.15, 0.2) is 5.82 Å². The standard InChI is InChI=1S/C13H23N3O2/c1-2-4-12-15-13(18-16-12)10-17-8-6-11-5-3-7-14-9-11/h11,14H,2-10H2,1H3. The summed E-state index contributed by atoms with van der Waals surface area (Å²) in [5.41, 5.74) is 0. The normalized spacial score (nSPS) is 20.2. The fourth-order valence-corrected chi connectivity index (χ4v) is 2.25. The van der Waals surface area contributed by atoms with Crippen molar-refractivity contribution in [2.24, 2.45) is 5.92 Å². The van der Waals surface area contributed by atoms with Crippen molar-refractivity contribution < 1.29 is 9.26 Å². The Hall–Kier alpha value is -0.940. The van der Waals surface area contributed by atoms with Crippen LogP contribution in [-0.4, -0.2) is 29.8 Å². The molecule has 1 saturated heterocycles. The maximum absolute atomic E-state index is 5.59. The van der Waals surface area contributed by atoms with Crippen LogP contribution >= 0.6 is 0 Å². The molecule has 0 bridgehead atoms. The van der Waals surface area contributed by atoms with Crippen LogP contribution in [0.5, 0.6) is 0 Å². The molecule has 102 valence electrons. The van der Waals surface area contributed by atoms with Crippen LogP contribution in [0.3, 0.4) is 0 Å². The molecule has 1 aromatic heterocycles. The number of hydrogen-bond donors (Lipinski definition) is 1. The minimum Gasteiger partial charge on any atom is -0.372 e. The summed E-state index contributed by atoms with van der Waals surface area (Å²) in [6.07, 6.45) is 5.63. The highest BCUT2D eigenvalue weighted by Crippen LogP contribution is 2.14. The zero-order valence-electron chi connectivity index (χ0n) is 11.2. The van der Waals surface area contributed by atoms with E-state index in [4.69, 9.17) is 9.26 Å². The molecule has 0 radical (unpaired) electrons. The van der Waals surface area contributed by atoms with Crippen LogP contribution in [0.4, 0.5) is 0 Å². The van der Waals surface area contributed by atoms with Crippen molar-refractivity contribution in [3.63, 3.8) is 0 Å². The molecular weight excluding hydrogens is 230 g/mol. The molecule has 18 heavy (non-hydrogen) atoms. The zero-order valence-corrected chi connectivity index (χ0v) is 11.2. The lowest BCUT2D eigenvalue weighted by molar-refractivity contribution is 0.0838. The van der Waals surface area contributed by atoms with Gasteiger partial charge in [-0.3, -0.25) is 0 Å². The molecule has 2 heterocycles. The zero-order chi connectivity index (χ0) is 12.6. The van der Waals surface area contributed by atoms with Gasteiger partial charge in [0, 0.05) is 13.0 Å².